The first kappa shape index (κ1) is 18.6. The average molecular weight is 408 g/mol. The summed E-state index contributed by atoms with van der Waals surface area (Å²) in [5, 5.41) is 0. The molecule has 29 heavy (non-hydrogen) atoms. The molecule has 2 aliphatic rings. The van der Waals surface area contributed by atoms with E-state index in [-0.39, 0.29) is 17.6 Å². The number of ether oxygens (including phenoxy) is 1. The Morgan fingerprint density at radius 3 is 2.76 bits per heavy atom. The lowest BCUT2D eigenvalue weighted by Gasteiger charge is -2.44. The van der Waals surface area contributed by atoms with E-state index in [9.17, 15) is 4.79 Å². The quantitative estimate of drug-likeness (QED) is 0.652. The summed E-state index contributed by atoms with van der Waals surface area (Å²) in [6.45, 7) is 4.16. The van der Waals surface area contributed by atoms with Gasteiger partial charge in [-0.05, 0) is 37.0 Å². The lowest BCUT2D eigenvalue weighted by molar-refractivity contribution is -0.143. The molecule has 2 aliphatic heterocycles. The van der Waals surface area contributed by atoms with E-state index in [0.717, 1.165) is 39.0 Å². The van der Waals surface area contributed by atoms with Crippen LogP contribution >= 0.6 is 11.3 Å². The van der Waals surface area contributed by atoms with Crippen molar-refractivity contribution in [2.24, 2.45) is 0 Å². The van der Waals surface area contributed by atoms with Crippen LogP contribution in [-0.4, -0.2) is 40.1 Å². The lowest BCUT2D eigenvalue weighted by atomic mass is 9.82. The fourth-order valence-corrected chi connectivity index (χ4v) is 5.79. The number of thiophene rings is 1. The Balaban J connectivity index is 1.35. The molecule has 1 unspecified atom stereocenters. The second kappa shape index (κ2) is 7.43. The van der Waals surface area contributed by atoms with E-state index >= 15 is 0 Å². The number of fused-ring (bicyclic) bond motifs is 2. The molecular weight excluding hydrogens is 382 g/mol. The second-order valence-corrected chi connectivity index (χ2v) is 9.05. The molecule has 1 saturated heterocycles. The normalized spacial score (nSPS) is 19.1. The third kappa shape index (κ3) is 3.30. The number of piperidine rings is 1. The largest absolute Gasteiger partial charge is 0.370 e. The molecule has 0 saturated carbocycles. The molecular formula is C23H25N3O2S. The van der Waals surface area contributed by atoms with Gasteiger partial charge in [0, 0.05) is 41.7 Å². The summed E-state index contributed by atoms with van der Waals surface area (Å²) in [6.07, 6.45) is 7.96. The van der Waals surface area contributed by atoms with E-state index in [4.69, 9.17) is 4.74 Å². The highest BCUT2D eigenvalue weighted by Gasteiger charge is 2.43. The topological polar surface area (TPSA) is 47.4 Å². The highest BCUT2D eigenvalue weighted by molar-refractivity contribution is 7.15. The van der Waals surface area contributed by atoms with Crippen LogP contribution in [-0.2, 0) is 21.6 Å². The van der Waals surface area contributed by atoms with Gasteiger partial charge in [-0.25, -0.2) is 4.98 Å². The summed E-state index contributed by atoms with van der Waals surface area (Å²) < 4.78 is 8.26. The molecule has 1 fully saturated rings. The van der Waals surface area contributed by atoms with Crippen LogP contribution in [0.2, 0.25) is 0 Å². The first-order chi connectivity index (χ1) is 14.2. The van der Waals surface area contributed by atoms with Crippen LogP contribution in [0.1, 0.15) is 36.2 Å². The number of benzene rings is 1. The van der Waals surface area contributed by atoms with Gasteiger partial charge in [-0.2, -0.15) is 0 Å². The Kier molecular flexibility index (Phi) is 4.76. The minimum Gasteiger partial charge on any atom is -0.370 e. The lowest BCUT2D eigenvalue weighted by Crippen LogP contribution is -2.49. The molecule has 3 aromatic rings. The molecule has 6 heteroatoms. The number of hydrogen-bond acceptors (Lipinski definition) is 4. The Morgan fingerprint density at radius 2 is 2.03 bits per heavy atom. The SMILES string of the molecule is CC(C(=O)N1CCC2(CC1)OCCc1sc(-c3ccccc3)cc12)n1ccnc1. The zero-order valence-corrected chi connectivity index (χ0v) is 17.4. The minimum atomic E-state index is -0.244. The Labute approximate surface area is 174 Å². The predicted molar refractivity (Wildman–Crippen MR) is 114 cm³/mol. The van der Waals surface area contributed by atoms with Crippen molar-refractivity contribution >= 4 is 17.2 Å². The van der Waals surface area contributed by atoms with Crippen molar-refractivity contribution in [1.82, 2.24) is 14.5 Å². The number of carbonyl (C=O) groups is 1. The predicted octanol–water partition coefficient (Wildman–Crippen LogP) is 4.26. The van der Waals surface area contributed by atoms with Gasteiger partial charge in [0.2, 0.25) is 5.91 Å². The minimum absolute atomic E-state index is 0.157. The van der Waals surface area contributed by atoms with Crippen molar-refractivity contribution in [3.8, 4) is 10.4 Å². The summed E-state index contributed by atoms with van der Waals surface area (Å²) in [6, 6.07) is 12.7. The summed E-state index contributed by atoms with van der Waals surface area (Å²) in [4.78, 5) is 21.7. The number of nitrogens with zero attached hydrogens (tertiary/aromatic N) is 3. The Bertz CT molecular complexity index is 989. The molecule has 4 heterocycles. The standard InChI is InChI=1S/C23H25N3O2S/c1-17(26-13-10-24-16-26)22(27)25-11-8-23(9-12-25)19-15-21(18-5-3-2-4-6-18)29-20(19)7-14-28-23/h2-6,10,13,15-17H,7-9,11-12,14H2,1H3. The first-order valence-electron chi connectivity index (χ1n) is 10.3. The summed E-state index contributed by atoms with van der Waals surface area (Å²) >= 11 is 1.90. The number of amides is 1. The van der Waals surface area contributed by atoms with E-state index in [1.165, 1.54) is 20.9 Å². The van der Waals surface area contributed by atoms with Gasteiger partial charge in [-0.15, -0.1) is 11.3 Å². The maximum absolute atomic E-state index is 12.9. The van der Waals surface area contributed by atoms with Crippen molar-refractivity contribution in [2.75, 3.05) is 19.7 Å². The molecule has 5 rings (SSSR count). The van der Waals surface area contributed by atoms with Gasteiger partial charge in [0.25, 0.3) is 0 Å². The number of imidazole rings is 1. The second-order valence-electron chi connectivity index (χ2n) is 7.92. The number of hydrogen-bond donors (Lipinski definition) is 0. The van der Waals surface area contributed by atoms with Crippen LogP contribution in [0.25, 0.3) is 10.4 Å². The zero-order valence-electron chi connectivity index (χ0n) is 16.6. The molecule has 0 radical (unpaired) electrons. The van der Waals surface area contributed by atoms with Gasteiger partial charge < -0.3 is 14.2 Å². The summed E-state index contributed by atoms with van der Waals surface area (Å²) in [5.41, 5.74) is 2.37. The maximum Gasteiger partial charge on any atom is 0.245 e. The fourth-order valence-electron chi connectivity index (χ4n) is 4.55. The highest BCUT2D eigenvalue weighted by Crippen LogP contribution is 2.46. The molecule has 1 atom stereocenters. The molecule has 0 bridgehead atoms. The smallest absolute Gasteiger partial charge is 0.245 e. The highest BCUT2D eigenvalue weighted by atomic mass is 32.1. The maximum atomic E-state index is 12.9. The van der Waals surface area contributed by atoms with Crippen molar-refractivity contribution in [3.05, 3.63) is 65.6 Å². The van der Waals surface area contributed by atoms with Gasteiger partial charge in [0.15, 0.2) is 0 Å². The monoisotopic (exact) mass is 407 g/mol. The molecule has 0 aliphatic carbocycles. The molecule has 1 aromatic carbocycles. The summed E-state index contributed by atoms with van der Waals surface area (Å²) in [7, 11) is 0. The molecule has 2 aromatic heterocycles. The van der Waals surface area contributed by atoms with Crippen molar-refractivity contribution in [3.63, 3.8) is 0 Å². The molecule has 0 N–H and O–H groups in total. The third-order valence-electron chi connectivity index (χ3n) is 6.28. The number of rotatable bonds is 3. The molecule has 5 nitrogen and oxygen atoms in total. The number of carbonyl (C=O) groups excluding carboxylic acids is 1. The molecule has 1 spiro atoms. The van der Waals surface area contributed by atoms with Crippen LogP contribution in [0, 0.1) is 0 Å². The van der Waals surface area contributed by atoms with Crippen molar-refractivity contribution < 1.29 is 9.53 Å². The zero-order chi connectivity index (χ0) is 19.8. The van der Waals surface area contributed by atoms with E-state index in [1.807, 2.05) is 33.9 Å². The van der Waals surface area contributed by atoms with Crippen molar-refractivity contribution in [2.45, 2.75) is 37.8 Å². The summed E-state index contributed by atoms with van der Waals surface area (Å²) in [5.74, 6) is 0.157. The fraction of sp³-hybridized carbons (Fsp3) is 0.391. The van der Waals surface area contributed by atoms with E-state index in [2.05, 4.69) is 41.4 Å². The molecule has 150 valence electrons. The molecule has 1 amide bonds. The van der Waals surface area contributed by atoms with Crippen LogP contribution in [0.3, 0.4) is 0 Å². The average Bonchev–Trinajstić information content (AvgIpc) is 3.45. The van der Waals surface area contributed by atoms with E-state index in [1.54, 1.807) is 12.5 Å². The van der Waals surface area contributed by atoms with Gasteiger partial charge in [0.05, 0.1) is 18.5 Å². The van der Waals surface area contributed by atoms with Gasteiger partial charge in [-0.1, -0.05) is 30.3 Å². The Morgan fingerprint density at radius 1 is 1.24 bits per heavy atom. The van der Waals surface area contributed by atoms with Crippen LogP contribution < -0.4 is 0 Å². The third-order valence-corrected chi connectivity index (χ3v) is 7.52. The Hall–Kier alpha value is -2.44. The van der Waals surface area contributed by atoms with E-state index < -0.39 is 0 Å². The van der Waals surface area contributed by atoms with Gasteiger partial charge in [0.1, 0.15) is 6.04 Å². The van der Waals surface area contributed by atoms with Gasteiger partial charge >= 0.3 is 0 Å². The van der Waals surface area contributed by atoms with Crippen LogP contribution in [0.5, 0.6) is 0 Å². The van der Waals surface area contributed by atoms with Crippen LogP contribution in [0.4, 0.5) is 0 Å². The number of aromatic nitrogens is 2. The van der Waals surface area contributed by atoms with Gasteiger partial charge in [-0.3, -0.25) is 4.79 Å². The van der Waals surface area contributed by atoms with Crippen LogP contribution in [0.15, 0.2) is 55.1 Å². The van der Waals surface area contributed by atoms with E-state index in [0.29, 0.717) is 0 Å². The first-order valence-corrected chi connectivity index (χ1v) is 11.1. The number of likely N-dealkylation sites (tertiary alicyclic amines) is 1. The van der Waals surface area contributed by atoms with Crippen molar-refractivity contribution in [1.29, 1.82) is 0 Å².